The van der Waals surface area contributed by atoms with Gasteiger partial charge < -0.3 is 19.9 Å². The molecule has 4 nitrogen and oxygen atoms in total. The molecule has 3 aromatic rings. The fourth-order valence-corrected chi connectivity index (χ4v) is 3.10. The highest BCUT2D eigenvalue weighted by Crippen LogP contribution is 2.25. The van der Waals surface area contributed by atoms with Crippen LogP contribution in [0.15, 0.2) is 78.9 Å². The molecule has 1 atom stereocenters. The van der Waals surface area contributed by atoms with E-state index in [9.17, 15) is 5.11 Å². The Hall–Kier alpha value is -2.82. The Labute approximate surface area is 166 Å². The number of benzene rings is 3. The van der Waals surface area contributed by atoms with Crippen LogP contribution in [-0.2, 0) is 13.0 Å². The second-order valence-corrected chi connectivity index (χ2v) is 6.59. The van der Waals surface area contributed by atoms with E-state index in [4.69, 9.17) is 9.47 Å². The van der Waals surface area contributed by atoms with Gasteiger partial charge in [0.05, 0.1) is 13.2 Å². The van der Waals surface area contributed by atoms with Crippen molar-refractivity contribution in [3.05, 3.63) is 95.6 Å². The molecular formula is C24H27NO3. The van der Waals surface area contributed by atoms with Crippen molar-refractivity contribution >= 4 is 0 Å². The number of rotatable bonds is 10. The zero-order chi connectivity index (χ0) is 19.6. The van der Waals surface area contributed by atoms with Gasteiger partial charge in [0.1, 0.15) is 18.1 Å². The van der Waals surface area contributed by atoms with E-state index in [0.29, 0.717) is 18.9 Å². The number of para-hydroxylation sites is 2. The van der Waals surface area contributed by atoms with Gasteiger partial charge in [-0.1, -0.05) is 66.7 Å². The standard InChI is InChI=1S/C24H27NO3/c1-27-23-13-7-5-11-20(23)15-16-25-17-22(26)21-12-6-8-14-24(21)28-18-19-9-3-2-4-10-19/h2-14,22,25-26H,15-18H2,1H3. The van der Waals surface area contributed by atoms with E-state index in [0.717, 1.165) is 35.4 Å². The molecule has 0 saturated carbocycles. The number of hydrogen-bond acceptors (Lipinski definition) is 4. The summed E-state index contributed by atoms with van der Waals surface area (Å²) in [5.74, 6) is 1.61. The van der Waals surface area contributed by atoms with Crippen molar-refractivity contribution in [2.24, 2.45) is 0 Å². The summed E-state index contributed by atoms with van der Waals surface area (Å²) in [5, 5.41) is 14.0. The van der Waals surface area contributed by atoms with Crippen molar-refractivity contribution in [3.63, 3.8) is 0 Å². The van der Waals surface area contributed by atoms with Crippen molar-refractivity contribution in [3.8, 4) is 11.5 Å². The van der Waals surface area contributed by atoms with Crippen LogP contribution in [0.25, 0.3) is 0 Å². The first-order chi connectivity index (χ1) is 13.8. The molecule has 0 aliphatic carbocycles. The zero-order valence-electron chi connectivity index (χ0n) is 16.2. The number of nitrogens with one attached hydrogen (secondary N) is 1. The molecule has 0 aliphatic rings. The minimum atomic E-state index is -0.635. The smallest absolute Gasteiger partial charge is 0.125 e. The molecule has 0 amide bonds. The largest absolute Gasteiger partial charge is 0.496 e. The van der Waals surface area contributed by atoms with E-state index in [-0.39, 0.29) is 0 Å². The molecule has 0 heterocycles. The van der Waals surface area contributed by atoms with E-state index in [1.807, 2.05) is 72.8 Å². The number of ether oxygens (including phenoxy) is 2. The van der Waals surface area contributed by atoms with Crippen LogP contribution in [0, 0.1) is 0 Å². The van der Waals surface area contributed by atoms with E-state index >= 15 is 0 Å². The molecule has 1 unspecified atom stereocenters. The summed E-state index contributed by atoms with van der Waals surface area (Å²) in [6, 6.07) is 25.7. The Morgan fingerprint density at radius 2 is 1.54 bits per heavy atom. The second-order valence-electron chi connectivity index (χ2n) is 6.59. The highest BCUT2D eigenvalue weighted by Gasteiger charge is 2.13. The van der Waals surface area contributed by atoms with Gasteiger partial charge >= 0.3 is 0 Å². The highest BCUT2D eigenvalue weighted by atomic mass is 16.5. The van der Waals surface area contributed by atoms with Gasteiger partial charge in [-0.3, -0.25) is 0 Å². The van der Waals surface area contributed by atoms with Crippen molar-refractivity contribution in [1.29, 1.82) is 0 Å². The molecule has 2 N–H and O–H groups in total. The molecule has 0 aliphatic heterocycles. The lowest BCUT2D eigenvalue weighted by atomic mass is 10.1. The fourth-order valence-electron chi connectivity index (χ4n) is 3.10. The lowest BCUT2D eigenvalue weighted by Gasteiger charge is -2.17. The topological polar surface area (TPSA) is 50.7 Å². The maximum atomic E-state index is 10.6. The summed E-state index contributed by atoms with van der Waals surface area (Å²) < 4.78 is 11.3. The predicted octanol–water partition coefficient (Wildman–Crippen LogP) is 4.14. The normalized spacial score (nSPS) is 11.8. The van der Waals surface area contributed by atoms with Crippen molar-refractivity contribution in [2.45, 2.75) is 19.1 Å². The van der Waals surface area contributed by atoms with Crippen LogP contribution < -0.4 is 14.8 Å². The van der Waals surface area contributed by atoms with Gasteiger partial charge in [-0.2, -0.15) is 0 Å². The van der Waals surface area contributed by atoms with Crippen molar-refractivity contribution < 1.29 is 14.6 Å². The van der Waals surface area contributed by atoms with E-state index in [2.05, 4.69) is 11.4 Å². The summed E-state index contributed by atoms with van der Waals surface area (Å²) in [4.78, 5) is 0. The monoisotopic (exact) mass is 377 g/mol. The molecule has 0 saturated heterocycles. The number of methoxy groups -OCH3 is 1. The van der Waals surface area contributed by atoms with Gasteiger partial charge in [0.25, 0.3) is 0 Å². The SMILES string of the molecule is COc1ccccc1CCNCC(O)c1ccccc1OCc1ccccc1. The van der Waals surface area contributed by atoms with E-state index in [1.54, 1.807) is 7.11 Å². The maximum Gasteiger partial charge on any atom is 0.125 e. The first kappa shape index (κ1) is 19.9. The molecule has 3 rings (SSSR count). The summed E-state index contributed by atoms with van der Waals surface area (Å²) >= 11 is 0. The van der Waals surface area contributed by atoms with Crippen molar-refractivity contribution in [2.75, 3.05) is 20.2 Å². The molecule has 146 valence electrons. The summed E-state index contributed by atoms with van der Waals surface area (Å²) in [6.45, 7) is 1.69. The number of aliphatic hydroxyl groups excluding tert-OH is 1. The molecule has 4 heteroatoms. The van der Waals surface area contributed by atoms with Gasteiger partial charge in [-0.25, -0.2) is 0 Å². The van der Waals surface area contributed by atoms with Crippen LogP contribution in [0.2, 0.25) is 0 Å². The molecule has 3 aromatic carbocycles. The molecule has 0 fully saturated rings. The quantitative estimate of drug-likeness (QED) is 0.522. The molecule has 0 bridgehead atoms. The molecule has 0 radical (unpaired) electrons. The Morgan fingerprint density at radius 1 is 0.857 bits per heavy atom. The van der Waals surface area contributed by atoms with Gasteiger partial charge in [0.15, 0.2) is 0 Å². The van der Waals surface area contributed by atoms with E-state index < -0.39 is 6.10 Å². The summed E-state index contributed by atoms with van der Waals surface area (Å²) in [7, 11) is 1.68. The van der Waals surface area contributed by atoms with Crippen LogP contribution >= 0.6 is 0 Å². The third-order valence-electron chi connectivity index (χ3n) is 4.62. The summed E-state index contributed by atoms with van der Waals surface area (Å²) in [6.07, 6.45) is 0.202. The first-order valence-corrected chi connectivity index (χ1v) is 9.54. The minimum Gasteiger partial charge on any atom is -0.496 e. The minimum absolute atomic E-state index is 0.459. The zero-order valence-corrected chi connectivity index (χ0v) is 16.2. The third-order valence-corrected chi connectivity index (χ3v) is 4.62. The van der Waals surface area contributed by atoms with Gasteiger partial charge in [-0.05, 0) is 36.2 Å². The van der Waals surface area contributed by atoms with Crippen LogP contribution in [0.1, 0.15) is 22.8 Å². The Kier molecular flexibility index (Phi) is 7.47. The van der Waals surface area contributed by atoms with Crippen LogP contribution in [-0.4, -0.2) is 25.3 Å². The molecule has 0 spiro atoms. The Balaban J connectivity index is 1.52. The second kappa shape index (κ2) is 10.5. The average molecular weight is 377 g/mol. The van der Waals surface area contributed by atoms with Crippen LogP contribution in [0.3, 0.4) is 0 Å². The Morgan fingerprint density at radius 3 is 2.32 bits per heavy atom. The molecular weight excluding hydrogens is 350 g/mol. The maximum absolute atomic E-state index is 10.6. The first-order valence-electron chi connectivity index (χ1n) is 9.54. The molecule has 28 heavy (non-hydrogen) atoms. The summed E-state index contributed by atoms with van der Waals surface area (Å²) in [5.41, 5.74) is 3.04. The average Bonchev–Trinajstić information content (AvgIpc) is 2.76. The number of hydrogen-bond donors (Lipinski definition) is 2. The van der Waals surface area contributed by atoms with Gasteiger partial charge in [-0.15, -0.1) is 0 Å². The van der Waals surface area contributed by atoms with Crippen LogP contribution in [0.4, 0.5) is 0 Å². The third kappa shape index (κ3) is 5.59. The van der Waals surface area contributed by atoms with E-state index in [1.165, 1.54) is 0 Å². The van der Waals surface area contributed by atoms with Gasteiger partial charge in [0.2, 0.25) is 0 Å². The van der Waals surface area contributed by atoms with Crippen LogP contribution in [0.5, 0.6) is 11.5 Å². The lowest BCUT2D eigenvalue weighted by Crippen LogP contribution is -2.24. The lowest BCUT2D eigenvalue weighted by molar-refractivity contribution is 0.168. The number of aliphatic hydroxyl groups is 1. The predicted molar refractivity (Wildman–Crippen MR) is 112 cm³/mol. The van der Waals surface area contributed by atoms with Crippen molar-refractivity contribution in [1.82, 2.24) is 5.32 Å². The highest BCUT2D eigenvalue weighted by molar-refractivity contribution is 5.36. The molecule has 0 aromatic heterocycles. The fraction of sp³-hybridized carbons (Fsp3) is 0.250. The van der Waals surface area contributed by atoms with Gasteiger partial charge in [0, 0.05) is 12.1 Å². The Bertz CT molecular complexity index is 851.